The fourth-order valence-electron chi connectivity index (χ4n) is 2.73. The van der Waals surface area contributed by atoms with Gasteiger partial charge in [0.25, 0.3) is 5.91 Å². The summed E-state index contributed by atoms with van der Waals surface area (Å²) in [5.74, 6) is -1.00. The predicted molar refractivity (Wildman–Crippen MR) is 95.8 cm³/mol. The summed E-state index contributed by atoms with van der Waals surface area (Å²) in [6.07, 6.45) is 2.23. The number of imide groups is 1. The number of urea groups is 1. The average Bonchev–Trinajstić information content (AvgIpc) is 3.12. The van der Waals surface area contributed by atoms with E-state index in [0.29, 0.717) is 5.69 Å². The molecule has 5 nitrogen and oxygen atoms in total. The molecule has 3 rings (SSSR count). The molecule has 0 radical (unpaired) electrons. The molecule has 0 unspecified atom stereocenters. The number of halogens is 2. The van der Waals surface area contributed by atoms with Gasteiger partial charge in [0.15, 0.2) is 0 Å². The maximum atomic E-state index is 12.9. The Hall–Kier alpha value is -2.60. The third-order valence-electron chi connectivity index (χ3n) is 3.99. The molecule has 7 heteroatoms. The summed E-state index contributed by atoms with van der Waals surface area (Å²) in [7, 11) is 0. The summed E-state index contributed by atoms with van der Waals surface area (Å²) in [5, 5.41) is 4.97. The van der Waals surface area contributed by atoms with E-state index >= 15 is 0 Å². The third-order valence-corrected chi connectivity index (χ3v) is 4.32. The van der Waals surface area contributed by atoms with Gasteiger partial charge < -0.3 is 10.2 Å². The number of anilines is 2. The van der Waals surface area contributed by atoms with Gasteiger partial charge in [-0.3, -0.25) is 10.1 Å². The highest BCUT2D eigenvalue weighted by Gasteiger charge is 2.18. The van der Waals surface area contributed by atoms with E-state index in [-0.39, 0.29) is 10.6 Å². The monoisotopic (exact) mass is 361 g/mol. The Bertz CT molecular complexity index is 789. The van der Waals surface area contributed by atoms with E-state index in [1.807, 2.05) is 6.07 Å². The van der Waals surface area contributed by atoms with Crippen LogP contribution in [0.15, 0.2) is 42.5 Å². The Kier molecular flexibility index (Phi) is 5.19. The third kappa shape index (κ3) is 4.28. The number of benzene rings is 2. The molecule has 0 aliphatic carbocycles. The molecule has 0 bridgehead atoms. The van der Waals surface area contributed by atoms with Crippen molar-refractivity contribution in [3.8, 4) is 0 Å². The Morgan fingerprint density at radius 2 is 1.72 bits per heavy atom. The summed E-state index contributed by atoms with van der Waals surface area (Å²) in [5.41, 5.74) is 1.52. The predicted octanol–water partition coefficient (Wildman–Crippen LogP) is 4.04. The molecule has 1 fully saturated rings. The van der Waals surface area contributed by atoms with Gasteiger partial charge in [0.05, 0.1) is 10.6 Å². The van der Waals surface area contributed by atoms with Gasteiger partial charge in [-0.1, -0.05) is 11.6 Å². The average molecular weight is 362 g/mol. The first-order chi connectivity index (χ1) is 12.0. The summed E-state index contributed by atoms with van der Waals surface area (Å²) in [4.78, 5) is 26.5. The molecular weight excluding hydrogens is 345 g/mol. The largest absolute Gasteiger partial charge is 0.372 e. The number of nitrogens with one attached hydrogen (secondary N) is 2. The lowest BCUT2D eigenvalue weighted by atomic mass is 10.1. The topological polar surface area (TPSA) is 61.4 Å². The quantitative estimate of drug-likeness (QED) is 0.867. The molecule has 1 aliphatic heterocycles. The van der Waals surface area contributed by atoms with Crippen LogP contribution < -0.4 is 15.5 Å². The Balaban J connectivity index is 1.68. The first kappa shape index (κ1) is 17.2. The molecule has 0 atom stereocenters. The van der Waals surface area contributed by atoms with Gasteiger partial charge in [-0.05, 0) is 55.3 Å². The van der Waals surface area contributed by atoms with Gasteiger partial charge in [0.2, 0.25) is 0 Å². The molecule has 0 aromatic heterocycles. The van der Waals surface area contributed by atoms with Gasteiger partial charge >= 0.3 is 6.03 Å². The van der Waals surface area contributed by atoms with Crippen LogP contribution in [-0.2, 0) is 0 Å². The minimum Gasteiger partial charge on any atom is -0.372 e. The van der Waals surface area contributed by atoms with Crippen LogP contribution in [0.4, 0.5) is 20.6 Å². The molecular formula is C18H17ClFN3O2. The van der Waals surface area contributed by atoms with Crippen molar-refractivity contribution in [1.82, 2.24) is 5.32 Å². The SMILES string of the molecule is O=C(NC(=O)c1cc(N2CCCC2)ccc1Cl)Nc1ccc(F)cc1. The highest BCUT2D eigenvalue weighted by atomic mass is 35.5. The zero-order valence-corrected chi connectivity index (χ0v) is 14.1. The molecule has 25 heavy (non-hydrogen) atoms. The van der Waals surface area contributed by atoms with Crippen LogP contribution in [0, 0.1) is 5.82 Å². The molecule has 3 amide bonds. The van der Waals surface area contributed by atoms with Crippen LogP contribution in [0.25, 0.3) is 0 Å². The smallest absolute Gasteiger partial charge is 0.326 e. The van der Waals surface area contributed by atoms with Crippen LogP contribution in [-0.4, -0.2) is 25.0 Å². The Morgan fingerprint density at radius 1 is 1.04 bits per heavy atom. The first-order valence-corrected chi connectivity index (χ1v) is 8.33. The van der Waals surface area contributed by atoms with Crippen LogP contribution in [0.5, 0.6) is 0 Å². The van der Waals surface area contributed by atoms with Crippen molar-refractivity contribution in [1.29, 1.82) is 0 Å². The van der Waals surface area contributed by atoms with Crippen molar-refractivity contribution in [2.45, 2.75) is 12.8 Å². The van der Waals surface area contributed by atoms with Crippen LogP contribution in [0.3, 0.4) is 0 Å². The summed E-state index contributed by atoms with van der Waals surface area (Å²) in [6.45, 7) is 1.88. The highest BCUT2D eigenvalue weighted by Crippen LogP contribution is 2.26. The van der Waals surface area contributed by atoms with Crippen LogP contribution in [0.2, 0.25) is 5.02 Å². The fourth-order valence-corrected chi connectivity index (χ4v) is 2.93. The first-order valence-electron chi connectivity index (χ1n) is 7.95. The van der Waals surface area contributed by atoms with Gasteiger partial charge in [-0.2, -0.15) is 0 Å². The number of carbonyl (C=O) groups is 2. The number of nitrogens with zero attached hydrogens (tertiary/aromatic N) is 1. The van der Waals surface area contributed by atoms with E-state index in [9.17, 15) is 14.0 Å². The number of hydrogen-bond acceptors (Lipinski definition) is 3. The van der Waals surface area contributed by atoms with Crippen molar-refractivity contribution >= 4 is 34.9 Å². The summed E-state index contributed by atoms with van der Waals surface area (Å²) >= 11 is 6.11. The molecule has 130 valence electrons. The van der Waals surface area contributed by atoms with Crippen molar-refractivity contribution in [3.63, 3.8) is 0 Å². The fraction of sp³-hybridized carbons (Fsp3) is 0.222. The van der Waals surface area contributed by atoms with Gasteiger partial charge in [0.1, 0.15) is 5.82 Å². The molecule has 1 saturated heterocycles. The minimum atomic E-state index is -0.709. The zero-order chi connectivity index (χ0) is 17.8. The molecule has 1 heterocycles. The number of amides is 3. The Morgan fingerprint density at radius 3 is 2.40 bits per heavy atom. The van der Waals surface area contributed by atoms with Crippen molar-refractivity contribution in [2.24, 2.45) is 0 Å². The van der Waals surface area contributed by atoms with Crippen LogP contribution >= 0.6 is 11.6 Å². The molecule has 2 aromatic rings. The molecule has 0 spiro atoms. The van der Waals surface area contributed by atoms with Crippen molar-refractivity contribution in [3.05, 3.63) is 58.9 Å². The summed E-state index contributed by atoms with van der Waals surface area (Å²) < 4.78 is 12.9. The summed E-state index contributed by atoms with van der Waals surface area (Å²) in [6, 6.07) is 9.74. The van der Waals surface area contributed by atoms with Gasteiger partial charge in [-0.15, -0.1) is 0 Å². The lowest BCUT2D eigenvalue weighted by molar-refractivity contribution is 0.0967. The second-order valence-electron chi connectivity index (χ2n) is 5.77. The van der Waals surface area contributed by atoms with E-state index in [0.717, 1.165) is 31.6 Å². The van der Waals surface area contributed by atoms with Gasteiger partial charge in [0, 0.05) is 24.5 Å². The van der Waals surface area contributed by atoms with E-state index in [1.54, 1.807) is 12.1 Å². The maximum absolute atomic E-state index is 12.9. The number of carbonyl (C=O) groups excluding carboxylic acids is 2. The van der Waals surface area contributed by atoms with Gasteiger partial charge in [-0.25, -0.2) is 9.18 Å². The molecule has 2 aromatic carbocycles. The number of rotatable bonds is 3. The van der Waals surface area contributed by atoms with E-state index in [4.69, 9.17) is 11.6 Å². The van der Waals surface area contributed by atoms with Crippen molar-refractivity contribution in [2.75, 3.05) is 23.3 Å². The zero-order valence-electron chi connectivity index (χ0n) is 13.4. The second kappa shape index (κ2) is 7.53. The Labute approximate surface area is 149 Å². The minimum absolute atomic E-state index is 0.236. The van der Waals surface area contributed by atoms with Crippen molar-refractivity contribution < 1.29 is 14.0 Å². The normalized spacial score (nSPS) is 13.6. The lowest BCUT2D eigenvalue weighted by Crippen LogP contribution is -2.34. The molecule has 1 aliphatic rings. The standard InChI is InChI=1S/C18H17ClFN3O2/c19-16-8-7-14(23-9-1-2-10-23)11-15(16)17(24)22-18(25)21-13-5-3-12(20)4-6-13/h3-8,11H,1-2,9-10H2,(H2,21,22,24,25). The molecule has 2 N–H and O–H groups in total. The van der Waals surface area contributed by atoms with Crippen LogP contribution in [0.1, 0.15) is 23.2 Å². The molecule has 0 saturated carbocycles. The maximum Gasteiger partial charge on any atom is 0.326 e. The second-order valence-corrected chi connectivity index (χ2v) is 6.18. The number of hydrogen-bond donors (Lipinski definition) is 2. The van der Waals surface area contributed by atoms with E-state index in [1.165, 1.54) is 24.3 Å². The van der Waals surface area contributed by atoms with E-state index in [2.05, 4.69) is 15.5 Å². The highest BCUT2D eigenvalue weighted by molar-refractivity contribution is 6.34. The van der Waals surface area contributed by atoms with E-state index < -0.39 is 17.8 Å². The lowest BCUT2D eigenvalue weighted by Gasteiger charge is -2.18.